The molecule has 0 spiro atoms. The summed E-state index contributed by atoms with van der Waals surface area (Å²) in [4.78, 5) is 10.8. The molecule has 0 bridgehead atoms. The number of hydrogen-bond acceptors (Lipinski definition) is 2. The van der Waals surface area contributed by atoms with Crippen molar-refractivity contribution in [1.29, 1.82) is 0 Å². The molecule has 4 nitrogen and oxygen atoms in total. The maximum Gasteiger partial charge on any atom is 0.320 e. The Balaban J connectivity index is 2.50. The first-order valence-corrected chi connectivity index (χ1v) is 5.89. The van der Waals surface area contributed by atoms with Crippen LogP contribution >= 0.6 is 0 Å². The van der Waals surface area contributed by atoms with Crippen molar-refractivity contribution in [1.82, 2.24) is 4.57 Å². The van der Waals surface area contributed by atoms with Gasteiger partial charge in [0.25, 0.3) is 0 Å². The predicted octanol–water partition coefficient (Wildman–Crippen LogP) is 1.92. The van der Waals surface area contributed by atoms with E-state index in [2.05, 4.69) is 6.58 Å². The zero-order valence-electron chi connectivity index (χ0n) is 10.3. The van der Waals surface area contributed by atoms with Crippen molar-refractivity contribution in [2.75, 3.05) is 0 Å². The van der Waals surface area contributed by atoms with Crippen molar-refractivity contribution in [3.05, 3.63) is 48.4 Å². The Labute approximate surface area is 109 Å². The number of rotatable bonds is 5. The first kappa shape index (κ1) is 13.3. The minimum Gasteiger partial charge on any atom is -0.480 e. The van der Waals surface area contributed by atoms with E-state index in [1.54, 1.807) is 18.3 Å². The summed E-state index contributed by atoms with van der Waals surface area (Å²) in [6.07, 6.45) is 3.69. The van der Waals surface area contributed by atoms with Crippen LogP contribution in [0.25, 0.3) is 10.9 Å². The molecule has 0 saturated carbocycles. The van der Waals surface area contributed by atoms with Gasteiger partial charge in [0.1, 0.15) is 11.9 Å². The Bertz CT molecular complexity index is 634. The maximum atomic E-state index is 13.3. The molecular weight excluding hydrogens is 247 g/mol. The van der Waals surface area contributed by atoms with Crippen LogP contribution in [0.5, 0.6) is 0 Å². The number of aliphatic carboxylic acids is 1. The molecule has 2 rings (SSSR count). The summed E-state index contributed by atoms with van der Waals surface area (Å²) >= 11 is 0. The van der Waals surface area contributed by atoms with Gasteiger partial charge >= 0.3 is 5.97 Å². The number of carboxylic acids is 1. The van der Waals surface area contributed by atoms with Crippen LogP contribution in [0.1, 0.15) is 5.56 Å². The van der Waals surface area contributed by atoms with Gasteiger partial charge in [-0.3, -0.25) is 4.79 Å². The number of benzene rings is 1. The van der Waals surface area contributed by atoms with Gasteiger partial charge in [-0.05, 0) is 23.8 Å². The van der Waals surface area contributed by atoms with Crippen LogP contribution in [0, 0.1) is 5.82 Å². The highest BCUT2D eigenvalue weighted by atomic mass is 19.1. The number of hydrogen-bond donors (Lipinski definition) is 2. The van der Waals surface area contributed by atoms with E-state index in [1.807, 2.05) is 4.57 Å². The molecule has 1 aromatic heterocycles. The van der Waals surface area contributed by atoms with E-state index in [4.69, 9.17) is 10.8 Å². The number of allylic oxidation sites excluding steroid dienone is 1. The average Bonchev–Trinajstić information content (AvgIpc) is 2.67. The monoisotopic (exact) mass is 262 g/mol. The first-order chi connectivity index (χ1) is 9.02. The summed E-state index contributed by atoms with van der Waals surface area (Å²) in [5, 5.41) is 9.55. The second-order valence-corrected chi connectivity index (χ2v) is 4.41. The predicted molar refractivity (Wildman–Crippen MR) is 71.4 cm³/mol. The van der Waals surface area contributed by atoms with Crippen LogP contribution in [-0.2, 0) is 17.8 Å². The van der Waals surface area contributed by atoms with Crippen LogP contribution in [0.2, 0.25) is 0 Å². The molecule has 0 aliphatic rings. The molecule has 0 amide bonds. The normalized spacial score (nSPS) is 12.5. The van der Waals surface area contributed by atoms with Gasteiger partial charge in [0, 0.05) is 30.1 Å². The van der Waals surface area contributed by atoms with Crippen molar-refractivity contribution in [3.8, 4) is 0 Å². The molecule has 3 N–H and O–H groups in total. The number of fused-ring (bicyclic) bond motifs is 1. The van der Waals surface area contributed by atoms with E-state index in [0.717, 1.165) is 11.1 Å². The lowest BCUT2D eigenvalue weighted by molar-refractivity contribution is -0.138. The topological polar surface area (TPSA) is 68.2 Å². The molecule has 5 heteroatoms. The fraction of sp³-hybridized carbons (Fsp3) is 0.214. The van der Waals surface area contributed by atoms with Crippen molar-refractivity contribution < 1.29 is 14.3 Å². The molecule has 0 fully saturated rings. The first-order valence-electron chi connectivity index (χ1n) is 5.89. The molecule has 0 radical (unpaired) electrons. The minimum absolute atomic E-state index is 0.166. The number of aromatic nitrogens is 1. The Hall–Kier alpha value is -2.14. The van der Waals surface area contributed by atoms with E-state index < -0.39 is 12.0 Å². The zero-order valence-corrected chi connectivity index (χ0v) is 10.3. The number of carboxylic acid groups (broad SMARTS) is 1. The summed E-state index contributed by atoms with van der Waals surface area (Å²) in [6.45, 7) is 4.24. The van der Waals surface area contributed by atoms with Crippen LogP contribution in [-0.4, -0.2) is 21.7 Å². The summed E-state index contributed by atoms with van der Waals surface area (Å²) in [5.74, 6) is -1.42. The quantitative estimate of drug-likeness (QED) is 0.809. The third-order valence-electron chi connectivity index (χ3n) is 3.01. The Kier molecular flexibility index (Phi) is 3.66. The molecule has 1 aromatic carbocycles. The van der Waals surface area contributed by atoms with Crippen LogP contribution < -0.4 is 5.73 Å². The van der Waals surface area contributed by atoms with Gasteiger partial charge in [0.2, 0.25) is 0 Å². The molecule has 2 aromatic rings. The number of carbonyl (C=O) groups is 1. The maximum absolute atomic E-state index is 13.3. The van der Waals surface area contributed by atoms with Gasteiger partial charge < -0.3 is 15.4 Å². The molecule has 1 atom stereocenters. The molecule has 0 aliphatic carbocycles. The van der Waals surface area contributed by atoms with Gasteiger partial charge in [-0.15, -0.1) is 6.58 Å². The van der Waals surface area contributed by atoms with Crippen LogP contribution in [0.3, 0.4) is 0 Å². The number of nitrogens with two attached hydrogens (primary N) is 1. The third kappa shape index (κ3) is 2.66. The Morgan fingerprint density at radius 3 is 2.95 bits per heavy atom. The molecule has 19 heavy (non-hydrogen) atoms. The van der Waals surface area contributed by atoms with Crippen molar-refractivity contribution in [2.24, 2.45) is 5.73 Å². The standard InChI is InChI=1S/C14H15FN2O2/c1-2-5-17-8-9(6-12(16)14(18)19)11-7-10(15)3-4-13(11)17/h2-4,7-8,12H,1,5-6,16H2,(H,18,19)/t12-/m0/s1. The Morgan fingerprint density at radius 2 is 2.32 bits per heavy atom. The van der Waals surface area contributed by atoms with Crippen molar-refractivity contribution in [2.45, 2.75) is 19.0 Å². The molecule has 0 unspecified atom stereocenters. The number of halogens is 1. The van der Waals surface area contributed by atoms with Crippen molar-refractivity contribution >= 4 is 16.9 Å². The third-order valence-corrected chi connectivity index (χ3v) is 3.01. The molecule has 0 saturated heterocycles. The van der Waals surface area contributed by atoms with Gasteiger partial charge in [-0.1, -0.05) is 6.08 Å². The smallest absolute Gasteiger partial charge is 0.320 e. The molecular formula is C14H15FN2O2. The van der Waals surface area contributed by atoms with E-state index in [-0.39, 0.29) is 12.2 Å². The highest BCUT2D eigenvalue weighted by Gasteiger charge is 2.16. The van der Waals surface area contributed by atoms with E-state index in [0.29, 0.717) is 11.9 Å². The van der Waals surface area contributed by atoms with Crippen LogP contribution in [0.4, 0.5) is 4.39 Å². The van der Waals surface area contributed by atoms with Gasteiger partial charge in [-0.2, -0.15) is 0 Å². The largest absolute Gasteiger partial charge is 0.480 e. The lowest BCUT2D eigenvalue weighted by Crippen LogP contribution is -2.32. The highest BCUT2D eigenvalue weighted by Crippen LogP contribution is 2.23. The van der Waals surface area contributed by atoms with Gasteiger partial charge in [0.05, 0.1) is 0 Å². The summed E-state index contributed by atoms with van der Waals surface area (Å²) in [5.41, 5.74) is 7.11. The van der Waals surface area contributed by atoms with Crippen LogP contribution in [0.15, 0.2) is 37.1 Å². The van der Waals surface area contributed by atoms with Gasteiger partial charge in [-0.25, -0.2) is 4.39 Å². The second-order valence-electron chi connectivity index (χ2n) is 4.41. The van der Waals surface area contributed by atoms with Crippen molar-refractivity contribution in [3.63, 3.8) is 0 Å². The molecule has 100 valence electrons. The van der Waals surface area contributed by atoms with E-state index >= 15 is 0 Å². The molecule has 1 heterocycles. The van der Waals surface area contributed by atoms with E-state index in [1.165, 1.54) is 12.1 Å². The lowest BCUT2D eigenvalue weighted by atomic mass is 10.1. The Morgan fingerprint density at radius 1 is 1.58 bits per heavy atom. The van der Waals surface area contributed by atoms with E-state index in [9.17, 15) is 9.18 Å². The minimum atomic E-state index is -1.07. The molecule has 0 aliphatic heterocycles. The summed E-state index contributed by atoms with van der Waals surface area (Å²) in [6, 6.07) is 3.46. The summed E-state index contributed by atoms with van der Waals surface area (Å²) < 4.78 is 15.2. The fourth-order valence-electron chi connectivity index (χ4n) is 2.12. The zero-order chi connectivity index (χ0) is 14.0. The SMILES string of the molecule is C=CCn1cc(C[C@H](N)C(=O)O)c2cc(F)ccc21. The average molecular weight is 262 g/mol. The fourth-order valence-corrected chi connectivity index (χ4v) is 2.12. The second kappa shape index (κ2) is 5.24. The lowest BCUT2D eigenvalue weighted by Gasteiger charge is -2.04. The number of nitrogens with zero attached hydrogens (tertiary/aromatic N) is 1. The highest BCUT2D eigenvalue weighted by molar-refractivity contribution is 5.85. The summed E-state index contributed by atoms with van der Waals surface area (Å²) in [7, 11) is 0. The van der Waals surface area contributed by atoms with Gasteiger partial charge in [0.15, 0.2) is 0 Å².